The van der Waals surface area contributed by atoms with E-state index in [4.69, 9.17) is 11.6 Å². The fourth-order valence-corrected chi connectivity index (χ4v) is 2.87. The van der Waals surface area contributed by atoms with E-state index in [1.54, 1.807) is 6.07 Å². The smallest absolute Gasteiger partial charge is 0.293 e. The van der Waals surface area contributed by atoms with Crippen molar-refractivity contribution in [2.24, 2.45) is 0 Å². The molecule has 0 bridgehead atoms. The predicted octanol–water partition coefficient (Wildman–Crippen LogP) is 1.30. The highest BCUT2D eigenvalue weighted by atomic mass is 35.5. The molecule has 1 aromatic rings. The predicted molar refractivity (Wildman–Crippen MR) is 71.9 cm³/mol. The van der Waals surface area contributed by atoms with Crippen molar-refractivity contribution in [2.45, 2.75) is 6.04 Å². The summed E-state index contributed by atoms with van der Waals surface area (Å²) in [7, 11) is -3.19. The summed E-state index contributed by atoms with van der Waals surface area (Å²) in [4.78, 5) is 10.4. The first kappa shape index (κ1) is 14.0. The van der Waals surface area contributed by atoms with Gasteiger partial charge >= 0.3 is 0 Å². The lowest BCUT2D eigenvalue weighted by atomic mass is 10.1. The molecule has 9 heteroatoms. The Hall–Kier alpha value is -1.38. The summed E-state index contributed by atoms with van der Waals surface area (Å²) in [6.45, 7) is 0.608. The Morgan fingerprint density at radius 1 is 1.47 bits per heavy atom. The van der Waals surface area contributed by atoms with Crippen molar-refractivity contribution in [1.82, 2.24) is 4.31 Å². The molecule has 0 amide bonds. The van der Waals surface area contributed by atoms with Crippen LogP contribution in [0.4, 0.5) is 11.4 Å². The molecule has 1 saturated heterocycles. The number of hydrogen-bond acceptors (Lipinski definition) is 5. The Morgan fingerprint density at radius 2 is 2.11 bits per heavy atom. The molecule has 0 aliphatic carbocycles. The van der Waals surface area contributed by atoms with E-state index in [0.717, 1.165) is 6.26 Å². The average Bonchev–Trinajstić information content (AvgIpc) is 2.22. The molecule has 0 spiro atoms. The molecule has 104 valence electrons. The summed E-state index contributed by atoms with van der Waals surface area (Å²) in [5, 5.41) is 14.1. The highest BCUT2D eigenvalue weighted by Gasteiger charge is 2.34. The lowest BCUT2D eigenvalue weighted by Crippen LogP contribution is -2.56. The van der Waals surface area contributed by atoms with E-state index in [1.807, 2.05) is 0 Å². The maximum absolute atomic E-state index is 11.2. The molecular weight excluding hydrogens is 294 g/mol. The molecule has 1 heterocycles. The van der Waals surface area contributed by atoms with E-state index in [-0.39, 0.29) is 16.8 Å². The van der Waals surface area contributed by atoms with Crippen LogP contribution in [0.2, 0.25) is 5.02 Å². The molecule has 0 saturated carbocycles. The summed E-state index contributed by atoms with van der Waals surface area (Å²) < 4.78 is 23.7. The average molecular weight is 306 g/mol. The van der Waals surface area contributed by atoms with E-state index >= 15 is 0 Å². The van der Waals surface area contributed by atoms with Crippen LogP contribution in [-0.2, 0) is 10.0 Å². The first-order chi connectivity index (χ1) is 8.77. The van der Waals surface area contributed by atoms with Gasteiger partial charge in [-0.05, 0) is 12.1 Å². The van der Waals surface area contributed by atoms with Crippen LogP contribution in [0, 0.1) is 10.1 Å². The van der Waals surface area contributed by atoms with Crippen LogP contribution in [0.1, 0.15) is 0 Å². The summed E-state index contributed by atoms with van der Waals surface area (Å²) in [5.74, 6) is 0. The second kappa shape index (κ2) is 4.95. The Morgan fingerprint density at radius 3 is 2.63 bits per heavy atom. The van der Waals surface area contributed by atoms with Gasteiger partial charge in [0.15, 0.2) is 0 Å². The van der Waals surface area contributed by atoms with Crippen molar-refractivity contribution in [3.8, 4) is 0 Å². The molecule has 0 radical (unpaired) electrons. The number of anilines is 1. The third-order valence-electron chi connectivity index (χ3n) is 2.83. The molecule has 19 heavy (non-hydrogen) atoms. The number of rotatable bonds is 4. The highest BCUT2D eigenvalue weighted by Crippen LogP contribution is 2.29. The number of benzene rings is 1. The summed E-state index contributed by atoms with van der Waals surface area (Å²) >= 11 is 5.71. The molecule has 0 aromatic heterocycles. The topological polar surface area (TPSA) is 92.6 Å². The second-order valence-corrected chi connectivity index (χ2v) is 6.76. The zero-order chi connectivity index (χ0) is 14.2. The number of halogens is 1. The van der Waals surface area contributed by atoms with Crippen LogP contribution in [-0.4, -0.2) is 43.0 Å². The van der Waals surface area contributed by atoms with Crippen LogP contribution in [0.15, 0.2) is 18.2 Å². The van der Waals surface area contributed by atoms with Crippen LogP contribution < -0.4 is 5.32 Å². The van der Waals surface area contributed by atoms with Gasteiger partial charge in [0.1, 0.15) is 5.69 Å². The molecule has 2 rings (SSSR count). The fourth-order valence-electron chi connectivity index (χ4n) is 1.80. The van der Waals surface area contributed by atoms with Crippen LogP contribution in [0.25, 0.3) is 0 Å². The fraction of sp³-hybridized carbons (Fsp3) is 0.400. The molecule has 0 atom stereocenters. The maximum atomic E-state index is 11.2. The van der Waals surface area contributed by atoms with Gasteiger partial charge in [-0.25, -0.2) is 8.42 Å². The Bertz CT molecular complexity index is 613. The third-order valence-corrected chi connectivity index (χ3v) is 4.30. The van der Waals surface area contributed by atoms with E-state index < -0.39 is 14.9 Å². The zero-order valence-electron chi connectivity index (χ0n) is 10.0. The van der Waals surface area contributed by atoms with Crippen molar-refractivity contribution >= 4 is 33.0 Å². The van der Waals surface area contributed by atoms with Crippen LogP contribution >= 0.6 is 11.6 Å². The molecule has 1 aromatic carbocycles. The maximum Gasteiger partial charge on any atom is 0.293 e. The first-order valence-corrected chi connectivity index (χ1v) is 7.65. The van der Waals surface area contributed by atoms with E-state index in [1.165, 1.54) is 16.4 Å². The van der Waals surface area contributed by atoms with Gasteiger partial charge in [-0.15, -0.1) is 0 Å². The van der Waals surface area contributed by atoms with Crippen LogP contribution in [0.5, 0.6) is 0 Å². The number of hydrogen-bond donors (Lipinski definition) is 1. The minimum absolute atomic E-state index is 0.120. The first-order valence-electron chi connectivity index (χ1n) is 5.43. The largest absolute Gasteiger partial charge is 0.374 e. The van der Waals surface area contributed by atoms with Gasteiger partial charge in [-0.2, -0.15) is 4.31 Å². The van der Waals surface area contributed by atoms with Gasteiger partial charge in [-0.3, -0.25) is 10.1 Å². The monoisotopic (exact) mass is 305 g/mol. The molecule has 1 fully saturated rings. The number of sulfonamides is 1. The second-order valence-electron chi connectivity index (χ2n) is 4.34. The number of nitrogens with zero attached hydrogens (tertiary/aromatic N) is 2. The van der Waals surface area contributed by atoms with Crippen molar-refractivity contribution in [3.63, 3.8) is 0 Å². The Balaban J connectivity index is 2.08. The quantitative estimate of drug-likeness (QED) is 0.668. The number of nitrogens with one attached hydrogen (secondary N) is 1. The van der Waals surface area contributed by atoms with Crippen molar-refractivity contribution < 1.29 is 13.3 Å². The third kappa shape index (κ3) is 3.14. The van der Waals surface area contributed by atoms with Gasteiger partial charge in [0.2, 0.25) is 10.0 Å². The lowest BCUT2D eigenvalue weighted by molar-refractivity contribution is -0.384. The van der Waals surface area contributed by atoms with Crippen molar-refractivity contribution in [1.29, 1.82) is 0 Å². The van der Waals surface area contributed by atoms with Crippen molar-refractivity contribution in [3.05, 3.63) is 33.3 Å². The van der Waals surface area contributed by atoms with E-state index in [9.17, 15) is 18.5 Å². The minimum atomic E-state index is -3.19. The SMILES string of the molecule is CS(=O)(=O)N1CC(Nc2ccc(Cl)cc2[N+](=O)[O-])C1. The standard InChI is InChI=1S/C10H12ClN3O4S/c1-19(17,18)13-5-8(6-13)12-9-3-2-7(11)4-10(9)14(15)16/h2-4,8,12H,5-6H2,1H3. The molecule has 0 unspecified atom stereocenters. The molecule has 1 aliphatic rings. The molecular formula is C10H12ClN3O4S. The number of nitro groups is 1. The summed E-state index contributed by atoms with van der Waals surface area (Å²) in [5.41, 5.74) is 0.220. The number of nitro benzene ring substituents is 1. The van der Waals surface area contributed by atoms with E-state index in [0.29, 0.717) is 18.8 Å². The summed E-state index contributed by atoms with van der Waals surface area (Å²) in [6.07, 6.45) is 1.13. The Labute approximate surface area is 115 Å². The van der Waals surface area contributed by atoms with Crippen LogP contribution in [0.3, 0.4) is 0 Å². The Kier molecular flexibility index (Phi) is 3.66. The molecule has 7 nitrogen and oxygen atoms in total. The molecule has 1 aliphatic heterocycles. The normalized spacial score (nSPS) is 16.9. The van der Waals surface area contributed by atoms with Gasteiger partial charge in [0, 0.05) is 24.2 Å². The van der Waals surface area contributed by atoms with Gasteiger partial charge in [0.25, 0.3) is 5.69 Å². The van der Waals surface area contributed by atoms with Gasteiger partial charge < -0.3 is 5.32 Å². The minimum Gasteiger partial charge on any atom is -0.374 e. The molecule has 1 N–H and O–H groups in total. The zero-order valence-corrected chi connectivity index (χ0v) is 11.6. The van der Waals surface area contributed by atoms with Crippen molar-refractivity contribution in [2.75, 3.05) is 24.7 Å². The lowest BCUT2D eigenvalue weighted by Gasteiger charge is -2.37. The van der Waals surface area contributed by atoms with E-state index in [2.05, 4.69) is 5.32 Å². The van der Waals surface area contributed by atoms with Gasteiger partial charge in [-0.1, -0.05) is 11.6 Å². The van der Waals surface area contributed by atoms with Gasteiger partial charge in [0.05, 0.1) is 17.2 Å². The highest BCUT2D eigenvalue weighted by molar-refractivity contribution is 7.88. The summed E-state index contributed by atoms with van der Waals surface area (Å²) in [6, 6.07) is 4.19.